The van der Waals surface area contributed by atoms with E-state index in [4.69, 9.17) is 15.0 Å². The molecule has 2 rings (SSSR count). The Labute approximate surface area is 106 Å². The Balaban J connectivity index is 2.00. The first-order valence-electron chi connectivity index (χ1n) is 6.06. The Hall–Kier alpha value is -1.88. The lowest BCUT2D eigenvalue weighted by Crippen LogP contribution is -1.99. The molecule has 0 saturated heterocycles. The molecule has 0 aliphatic heterocycles. The van der Waals surface area contributed by atoms with Crippen molar-refractivity contribution < 1.29 is 9.26 Å². The van der Waals surface area contributed by atoms with E-state index < -0.39 is 0 Å². The van der Waals surface area contributed by atoms with Crippen molar-refractivity contribution in [2.75, 3.05) is 18.9 Å². The maximum atomic E-state index is 5.86. The number of hydrogen-bond donors (Lipinski definition) is 1. The van der Waals surface area contributed by atoms with Crippen molar-refractivity contribution in [2.24, 2.45) is 0 Å². The van der Waals surface area contributed by atoms with E-state index in [0.29, 0.717) is 30.4 Å². The molecule has 5 nitrogen and oxygen atoms in total. The minimum atomic E-state index is 0.526. The number of benzene rings is 1. The lowest BCUT2D eigenvalue weighted by Gasteiger charge is -1.98. The van der Waals surface area contributed by atoms with Crippen molar-refractivity contribution in [1.29, 1.82) is 0 Å². The average molecular weight is 247 g/mol. The Morgan fingerprint density at radius 2 is 2.11 bits per heavy atom. The van der Waals surface area contributed by atoms with Crippen molar-refractivity contribution in [3.8, 4) is 11.4 Å². The van der Waals surface area contributed by atoms with E-state index >= 15 is 0 Å². The summed E-state index contributed by atoms with van der Waals surface area (Å²) in [6.07, 6.45) is 1.63. The predicted octanol–water partition coefficient (Wildman–Crippen LogP) is 2.29. The van der Waals surface area contributed by atoms with Gasteiger partial charge in [0.15, 0.2) is 0 Å². The number of aromatic nitrogens is 2. The van der Waals surface area contributed by atoms with Crippen molar-refractivity contribution in [1.82, 2.24) is 10.1 Å². The number of hydrogen-bond acceptors (Lipinski definition) is 5. The molecule has 96 valence electrons. The molecule has 1 aromatic heterocycles. The van der Waals surface area contributed by atoms with Gasteiger partial charge in [-0.3, -0.25) is 0 Å². The molecular formula is C13H17N3O2. The molecule has 0 aliphatic rings. The quantitative estimate of drug-likeness (QED) is 0.626. The van der Waals surface area contributed by atoms with Gasteiger partial charge in [-0.05, 0) is 18.6 Å². The van der Waals surface area contributed by atoms with Gasteiger partial charge in [0.05, 0.1) is 13.0 Å². The molecule has 0 saturated carbocycles. The minimum Gasteiger partial charge on any atom is -0.398 e. The van der Waals surface area contributed by atoms with E-state index in [9.17, 15) is 0 Å². The van der Waals surface area contributed by atoms with Gasteiger partial charge >= 0.3 is 0 Å². The molecule has 0 atom stereocenters. The van der Waals surface area contributed by atoms with Gasteiger partial charge in [-0.1, -0.05) is 24.2 Å². The van der Waals surface area contributed by atoms with Crippen LogP contribution in [0.3, 0.4) is 0 Å². The van der Waals surface area contributed by atoms with Crippen molar-refractivity contribution in [3.05, 3.63) is 30.2 Å². The summed E-state index contributed by atoms with van der Waals surface area (Å²) in [6.45, 7) is 3.43. The third kappa shape index (κ3) is 3.07. The van der Waals surface area contributed by atoms with Gasteiger partial charge in [-0.25, -0.2) is 0 Å². The Kier molecular flexibility index (Phi) is 4.30. The van der Waals surface area contributed by atoms with Crippen LogP contribution >= 0.6 is 0 Å². The van der Waals surface area contributed by atoms with Gasteiger partial charge in [0.2, 0.25) is 11.7 Å². The lowest BCUT2D eigenvalue weighted by atomic mass is 10.2. The first kappa shape index (κ1) is 12.6. The van der Waals surface area contributed by atoms with Gasteiger partial charge < -0.3 is 15.0 Å². The predicted molar refractivity (Wildman–Crippen MR) is 69.0 cm³/mol. The first-order valence-corrected chi connectivity index (χ1v) is 6.06. The second-order valence-corrected chi connectivity index (χ2v) is 3.96. The fourth-order valence-electron chi connectivity index (χ4n) is 1.57. The highest BCUT2D eigenvalue weighted by Gasteiger charge is 2.10. The number of nitrogens with two attached hydrogens (primary N) is 1. The number of rotatable bonds is 6. The van der Waals surface area contributed by atoms with Crippen LogP contribution in [0.2, 0.25) is 0 Å². The molecule has 0 radical (unpaired) electrons. The molecule has 2 N–H and O–H groups in total. The molecule has 1 heterocycles. The zero-order chi connectivity index (χ0) is 12.8. The van der Waals surface area contributed by atoms with E-state index in [1.807, 2.05) is 24.3 Å². The third-order valence-corrected chi connectivity index (χ3v) is 2.48. The van der Waals surface area contributed by atoms with Crippen LogP contribution in [0, 0.1) is 0 Å². The van der Waals surface area contributed by atoms with Crippen molar-refractivity contribution >= 4 is 5.69 Å². The van der Waals surface area contributed by atoms with E-state index in [2.05, 4.69) is 17.1 Å². The molecule has 0 aliphatic carbocycles. The van der Waals surface area contributed by atoms with Crippen molar-refractivity contribution in [2.45, 2.75) is 19.8 Å². The zero-order valence-electron chi connectivity index (χ0n) is 10.4. The molecule has 2 aromatic rings. The van der Waals surface area contributed by atoms with Crippen LogP contribution in [0.4, 0.5) is 5.69 Å². The number of ether oxygens (including phenoxy) is 1. The molecule has 0 fully saturated rings. The normalized spacial score (nSPS) is 10.7. The smallest absolute Gasteiger partial charge is 0.229 e. The van der Waals surface area contributed by atoms with Gasteiger partial charge in [-0.15, -0.1) is 0 Å². The second kappa shape index (κ2) is 6.16. The zero-order valence-corrected chi connectivity index (χ0v) is 10.4. The largest absolute Gasteiger partial charge is 0.398 e. The van der Waals surface area contributed by atoms with Crippen LogP contribution in [0.25, 0.3) is 11.4 Å². The standard InChI is InChI=1S/C13H17N3O2/c1-2-8-17-9-7-12-15-13(16-18-12)10-5-3-4-6-11(10)14/h3-6H,2,7-9,14H2,1H3. The van der Waals surface area contributed by atoms with Crippen LogP contribution < -0.4 is 5.73 Å². The number of nitrogens with zero attached hydrogens (tertiary/aromatic N) is 2. The summed E-state index contributed by atoms with van der Waals surface area (Å²) in [5.41, 5.74) is 7.29. The van der Waals surface area contributed by atoms with Crippen LogP contribution in [-0.2, 0) is 11.2 Å². The third-order valence-electron chi connectivity index (χ3n) is 2.48. The van der Waals surface area contributed by atoms with Gasteiger partial charge in [-0.2, -0.15) is 4.98 Å². The molecule has 0 bridgehead atoms. The van der Waals surface area contributed by atoms with Crippen LogP contribution in [0.5, 0.6) is 0 Å². The lowest BCUT2D eigenvalue weighted by molar-refractivity contribution is 0.132. The fourth-order valence-corrected chi connectivity index (χ4v) is 1.57. The highest BCUT2D eigenvalue weighted by atomic mass is 16.5. The summed E-state index contributed by atoms with van der Waals surface area (Å²) in [5, 5.41) is 3.92. The summed E-state index contributed by atoms with van der Waals surface area (Å²) in [5.74, 6) is 1.10. The monoisotopic (exact) mass is 247 g/mol. The minimum absolute atomic E-state index is 0.526. The Morgan fingerprint density at radius 1 is 1.28 bits per heavy atom. The molecular weight excluding hydrogens is 230 g/mol. The number of para-hydroxylation sites is 1. The highest BCUT2D eigenvalue weighted by Crippen LogP contribution is 2.22. The highest BCUT2D eigenvalue weighted by molar-refractivity contribution is 5.70. The van der Waals surface area contributed by atoms with Gasteiger partial charge in [0.1, 0.15) is 0 Å². The summed E-state index contributed by atoms with van der Waals surface area (Å²) in [6, 6.07) is 7.46. The average Bonchev–Trinajstić information content (AvgIpc) is 2.84. The topological polar surface area (TPSA) is 74.2 Å². The van der Waals surface area contributed by atoms with Crippen LogP contribution in [0.1, 0.15) is 19.2 Å². The van der Waals surface area contributed by atoms with Gasteiger partial charge in [0.25, 0.3) is 0 Å². The summed E-state index contributed by atoms with van der Waals surface area (Å²) in [7, 11) is 0. The Morgan fingerprint density at radius 3 is 2.89 bits per heavy atom. The second-order valence-electron chi connectivity index (χ2n) is 3.96. The van der Waals surface area contributed by atoms with E-state index in [-0.39, 0.29) is 0 Å². The maximum Gasteiger partial charge on any atom is 0.229 e. The molecule has 0 amide bonds. The maximum absolute atomic E-state index is 5.86. The van der Waals surface area contributed by atoms with Crippen LogP contribution in [0.15, 0.2) is 28.8 Å². The van der Waals surface area contributed by atoms with E-state index in [1.54, 1.807) is 0 Å². The van der Waals surface area contributed by atoms with E-state index in [0.717, 1.165) is 18.6 Å². The molecule has 18 heavy (non-hydrogen) atoms. The van der Waals surface area contributed by atoms with Crippen molar-refractivity contribution in [3.63, 3.8) is 0 Å². The summed E-state index contributed by atoms with van der Waals surface area (Å²) in [4.78, 5) is 4.30. The summed E-state index contributed by atoms with van der Waals surface area (Å²) >= 11 is 0. The van der Waals surface area contributed by atoms with E-state index in [1.165, 1.54) is 0 Å². The SMILES string of the molecule is CCCOCCc1nc(-c2ccccc2N)no1. The molecule has 0 spiro atoms. The number of nitrogen functional groups attached to an aromatic ring is 1. The first-order chi connectivity index (χ1) is 8.81. The van der Waals surface area contributed by atoms with Crippen LogP contribution in [-0.4, -0.2) is 23.4 Å². The summed E-state index contributed by atoms with van der Waals surface area (Å²) < 4.78 is 10.5. The van der Waals surface area contributed by atoms with Gasteiger partial charge in [0, 0.05) is 17.9 Å². The molecule has 5 heteroatoms. The number of anilines is 1. The fraction of sp³-hybridized carbons (Fsp3) is 0.385. The molecule has 0 unspecified atom stereocenters. The molecule has 1 aromatic carbocycles. The Bertz CT molecular complexity index is 496.